The van der Waals surface area contributed by atoms with Gasteiger partial charge in [0.1, 0.15) is 0 Å². The van der Waals surface area contributed by atoms with E-state index >= 15 is 0 Å². The molecule has 11 heteroatoms. The average Bonchev–Trinajstić information content (AvgIpc) is 3.19. The van der Waals surface area contributed by atoms with Crippen LogP contribution in [0.3, 0.4) is 0 Å². The fourth-order valence-corrected chi connectivity index (χ4v) is 4.15. The highest BCUT2D eigenvalue weighted by atomic mass is 16.4. The van der Waals surface area contributed by atoms with E-state index in [9.17, 15) is 19.2 Å². The summed E-state index contributed by atoms with van der Waals surface area (Å²) in [6, 6.07) is 0.415. The van der Waals surface area contributed by atoms with Crippen LogP contribution in [0.2, 0.25) is 0 Å². The third-order valence-corrected chi connectivity index (χ3v) is 6.15. The summed E-state index contributed by atoms with van der Waals surface area (Å²) in [7, 11) is 2.15. The van der Waals surface area contributed by atoms with E-state index in [-0.39, 0.29) is 50.1 Å². The SMILES string of the molecule is [13CH3][15N]1CCN([13CH2][13CH]2[13CH2][13CH2][13CH2]N2CC(=O)[15NH][13CH2][13CH2][13C](=O)[15NH]CCC(=O)NCCCC(=O)O)[13CH2][13CH2]1. The molecule has 3 amide bonds. The molecule has 0 bridgehead atoms. The van der Waals surface area contributed by atoms with Crippen molar-refractivity contribution < 1.29 is 24.3 Å². The van der Waals surface area contributed by atoms with Gasteiger partial charge in [0, 0.05) is 77.7 Å². The molecular formula is C22H40N6O5. The Bertz CT molecular complexity index is 653. The van der Waals surface area contributed by atoms with Gasteiger partial charge in [-0.15, -0.1) is 0 Å². The standard InChI is InChI=1S/C22H40N6O5/c1-26-12-14-27(15-13-26)16-18-4-3-11-28(18)17-21(31)25-10-7-20(30)24-9-6-19(29)23-8-2-5-22(32)33/h18H,2-17H2,1H3,(H,23,29)(H,24,30)(H,25,31)(H,32,33)/i1+1,3+1,4+1,7+1,10+1,11+1,12+1,14+1,16+1,18+1,20+1,24+1,25+1,26+1. The van der Waals surface area contributed by atoms with Crippen molar-refractivity contribution in [2.24, 2.45) is 0 Å². The van der Waals surface area contributed by atoms with Crippen LogP contribution in [0.25, 0.3) is 0 Å². The number of piperazine rings is 1. The first-order valence-corrected chi connectivity index (χ1v) is 12.0. The molecule has 0 aliphatic carbocycles. The number of carbonyl (C=O) groups is 4. The Balaban J connectivity index is 1.52. The Kier molecular flexibility index (Phi) is 12.1. The van der Waals surface area contributed by atoms with Gasteiger partial charge in [0.05, 0.1) is 6.54 Å². The van der Waals surface area contributed by atoms with Crippen molar-refractivity contribution in [3.05, 3.63) is 0 Å². The van der Waals surface area contributed by atoms with Gasteiger partial charge in [-0.1, -0.05) is 0 Å². The highest BCUT2D eigenvalue weighted by Gasteiger charge is 2.28. The van der Waals surface area contributed by atoms with Gasteiger partial charge in [-0.05, 0) is 32.9 Å². The summed E-state index contributed by atoms with van der Waals surface area (Å²) in [5.74, 6) is -1.41. The van der Waals surface area contributed by atoms with Gasteiger partial charge in [0.15, 0.2) is 0 Å². The summed E-state index contributed by atoms with van der Waals surface area (Å²) < 4.78 is 0. The van der Waals surface area contributed by atoms with Crippen molar-refractivity contribution in [2.45, 2.75) is 44.6 Å². The van der Waals surface area contributed by atoms with Gasteiger partial charge < -0.3 is 26.0 Å². The molecule has 11 nitrogen and oxygen atoms in total. The largest absolute Gasteiger partial charge is 0.481 e. The molecule has 1 atom stereocenters. The van der Waals surface area contributed by atoms with Crippen LogP contribution in [-0.2, 0) is 19.2 Å². The number of rotatable bonds is 14. The second kappa shape index (κ2) is 14.8. The monoisotopic (exact) mass is 482 g/mol. The van der Waals surface area contributed by atoms with Crippen LogP contribution in [-0.4, -0.2) is 122 Å². The number of carbonyl (C=O) groups excluding carboxylic acids is 3. The molecule has 0 radical (unpaired) electrons. The molecule has 2 aliphatic rings. The first-order valence-electron chi connectivity index (χ1n) is 12.0. The molecule has 33 heavy (non-hydrogen) atoms. The molecule has 1 unspecified atom stereocenters. The molecular weight excluding hydrogens is 442 g/mol. The predicted molar refractivity (Wildman–Crippen MR) is 124 cm³/mol. The zero-order chi connectivity index (χ0) is 24.1. The number of likely N-dealkylation sites (N-methyl/N-ethyl adjacent to an activating group) is 1. The van der Waals surface area contributed by atoms with Crippen molar-refractivity contribution in [3.63, 3.8) is 0 Å². The van der Waals surface area contributed by atoms with Crippen LogP contribution >= 0.6 is 0 Å². The van der Waals surface area contributed by atoms with Gasteiger partial charge in [0.25, 0.3) is 0 Å². The number of nitrogens with zero attached hydrogens (tertiary/aromatic N) is 3. The lowest BCUT2D eigenvalue weighted by molar-refractivity contribution is -0.137. The van der Waals surface area contributed by atoms with E-state index in [4.69, 9.17) is 5.11 Å². The van der Waals surface area contributed by atoms with Crippen LogP contribution < -0.4 is 16.0 Å². The maximum atomic E-state index is 12.3. The Morgan fingerprint density at radius 1 is 0.818 bits per heavy atom. The van der Waals surface area contributed by atoms with Crippen molar-refractivity contribution in [1.82, 2.24) is 30.7 Å². The van der Waals surface area contributed by atoms with E-state index in [1.807, 2.05) is 0 Å². The molecule has 2 fully saturated rings. The van der Waals surface area contributed by atoms with E-state index in [1.54, 1.807) is 0 Å². The lowest BCUT2D eigenvalue weighted by atomic mass is 10.3. The summed E-state index contributed by atoms with van der Waals surface area (Å²) in [6.45, 7) is 7.42. The van der Waals surface area contributed by atoms with Gasteiger partial charge in [-0.25, -0.2) is 0 Å². The average molecular weight is 482 g/mol. The van der Waals surface area contributed by atoms with Crippen molar-refractivity contribution in [3.8, 4) is 0 Å². The van der Waals surface area contributed by atoms with Gasteiger partial charge in [-0.3, -0.25) is 29.0 Å². The van der Waals surface area contributed by atoms with E-state index in [2.05, 4.69) is 37.7 Å². The van der Waals surface area contributed by atoms with Crippen molar-refractivity contribution >= 4 is 23.7 Å². The molecule has 4 N–H and O–H groups in total. The Morgan fingerprint density at radius 3 is 2.06 bits per heavy atom. The molecule has 2 rings (SSSR count). The zero-order valence-electron chi connectivity index (χ0n) is 19.8. The maximum Gasteiger partial charge on any atom is 0.303 e. The van der Waals surface area contributed by atoms with Crippen LogP contribution in [0.1, 0.15) is 38.5 Å². The van der Waals surface area contributed by atoms with Crippen LogP contribution in [0.15, 0.2) is 0 Å². The van der Waals surface area contributed by atoms with E-state index < -0.39 is 5.97 Å². The van der Waals surface area contributed by atoms with E-state index in [1.165, 1.54) is 0 Å². The minimum absolute atomic E-state index is 0.0113. The molecule has 2 heterocycles. The number of carboxylic acids is 1. The first kappa shape index (κ1) is 27.0. The summed E-state index contributed by atoms with van der Waals surface area (Å²) in [6.07, 6.45) is 2.92. The fourth-order valence-electron chi connectivity index (χ4n) is 4.15. The lowest BCUT2D eigenvalue weighted by Crippen LogP contribution is -2.50. The minimum atomic E-state index is -0.894. The van der Waals surface area contributed by atoms with Gasteiger partial charge >= 0.3 is 5.97 Å². The Hall–Kier alpha value is -2.24. The first-order chi connectivity index (χ1) is 15.8. The Morgan fingerprint density at radius 2 is 1.42 bits per heavy atom. The topological polar surface area (TPSA) is 134 Å². The van der Waals surface area contributed by atoms with Crippen LogP contribution in [0, 0.1) is 0 Å². The normalized spacial score (nSPS) is 19.8. The zero-order valence-corrected chi connectivity index (χ0v) is 19.8. The molecule has 0 aromatic carbocycles. The number of hydrogen-bond donors (Lipinski definition) is 4. The number of likely N-dealkylation sites (tertiary alicyclic amines) is 1. The highest BCUT2D eigenvalue weighted by molar-refractivity contribution is 5.81. The molecule has 0 aromatic heterocycles. The second-order valence-corrected chi connectivity index (χ2v) is 8.92. The summed E-state index contributed by atoms with van der Waals surface area (Å²) >= 11 is 0. The molecule has 2 saturated heterocycles. The lowest BCUT2D eigenvalue weighted by Gasteiger charge is -2.36. The quantitative estimate of drug-likeness (QED) is 0.136. The Labute approximate surface area is 196 Å². The molecule has 0 spiro atoms. The fraction of sp³-hybridized carbons (Fsp3) is 0.818. The number of amides is 3. The summed E-state index contributed by atoms with van der Waals surface area (Å²) in [5, 5.41) is 16.6. The number of hydrogen-bond acceptors (Lipinski definition) is 7. The third-order valence-electron chi connectivity index (χ3n) is 6.15. The molecule has 2 aliphatic heterocycles. The van der Waals surface area contributed by atoms with Crippen LogP contribution in [0.5, 0.6) is 0 Å². The third kappa shape index (κ3) is 11.4. The van der Waals surface area contributed by atoms with Gasteiger partial charge in [0.2, 0.25) is 17.7 Å². The van der Waals surface area contributed by atoms with Crippen LogP contribution in [0.4, 0.5) is 0 Å². The van der Waals surface area contributed by atoms with E-state index in [0.717, 1.165) is 52.1 Å². The number of aliphatic carboxylic acids is 1. The predicted octanol–water partition coefficient (Wildman–Crippen LogP) is -1.31. The summed E-state index contributed by atoms with van der Waals surface area (Å²) in [5.41, 5.74) is 0. The summed E-state index contributed by atoms with van der Waals surface area (Å²) in [4.78, 5) is 53.4. The second-order valence-electron chi connectivity index (χ2n) is 8.92. The molecule has 0 aromatic rings. The molecule has 0 saturated carbocycles. The van der Waals surface area contributed by atoms with Gasteiger partial charge in [-0.2, -0.15) is 0 Å². The highest BCUT2D eigenvalue weighted by Crippen LogP contribution is 2.18. The van der Waals surface area contributed by atoms with Crippen molar-refractivity contribution in [2.75, 3.05) is 72.5 Å². The number of carboxylic acid groups (broad SMARTS) is 1. The van der Waals surface area contributed by atoms with E-state index in [0.29, 0.717) is 25.6 Å². The molecule has 188 valence electrons. The number of nitrogens with one attached hydrogen (secondary N) is 3. The maximum absolute atomic E-state index is 12.3. The minimum Gasteiger partial charge on any atom is -0.481 e. The van der Waals surface area contributed by atoms with Crippen molar-refractivity contribution in [1.29, 1.82) is 0 Å². The smallest absolute Gasteiger partial charge is 0.303 e.